The fourth-order valence-corrected chi connectivity index (χ4v) is 2.47. The summed E-state index contributed by atoms with van der Waals surface area (Å²) in [5.74, 6) is 2.81. The number of thioether (sulfide) groups is 1. The highest BCUT2D eigenvalue weighted by Crippen LogP contribution is 2.26. The molecule has 0 unspecified atom stereocenters. The molecular weight excluding hydrogens is 174 g/mol. The van der Waals surface area contributed by atoms with E-state index in [1.807, 2.05) is 11.8 Å². The van der Waals surface area contributed by atoms with Crippen LogP contribution in [0.15, 0.2) is 0 Å². The second-order valence-electron chi connectivity index (χ2n) is 2.83. The molecule has 66 valence electrons. The van der Waals surface area contributed by atoms with Gasteiger partial charge in [-0.15, -0.1) is 0 Å². The molecule has 0 saturated carbocycles. The van der Waals surface area contributed by atoms with Gasteiger partial charge in [0.25, 0.3) is 0 Å². The Balaban J connectivity index is 2.13. The van der Waals surface area contributed by atoms with Gasteiger partial charge < -0.3 is 5.73 Å². The first kappa shape index (κ1) is 7.85. The van der Waals surface area contributed by atoms with Crippen molar-refractivity contribution in [2.24, 2.45) is 0 Å². The molecule has 1 saturated heterocycles. The second-order valence-corrected chi connectivity index (χ2v) is 4.05. The van der Waals surface area contributed by atoms with Crippen LogP contribution in [0.1, 0.15) is 18.9 Å². The fraction of sp³-hybridized carbons (Fsp3) is 0.833. The molecule has 5 nitrogen and oxygen atoms in total. The van der Waals surface area contributed by atoms with Gasteiger partial charge in [-0.05, 0) is 34.8 Å². The molecule has 0 amide bonds. The van der Waals surface area contributed by atoms with Crippen LogP contribution in [0, 0.1) is 0 Å². The Morgan fingerprint density at radius 1 is 1.42 bits per heavy atom. The van der Waals surface area contributed by atoms with Gasteiger partial charge in [0, 0.05) is 0 Å². The summed E-state index contributed by atoms with van der Waals surface area (Å²) in [7, 11) is 0. The molecule has 2 N–H and O–H groups in total. The second kappa shape index (κ2) is 3.30. The SMILES string of the molecule is Nc1nnnn1C1CCSCC1. The lowest BCUT2D eigenvalue weighted by atomic mass is 10.2. The molecule has 1 aliphatic rings. The van der Waals surface area contributed by atoms with E-state index >= 15 is 0 Å². The van der Waals surface area contributed by atoms with Crippen molar-refractivity contribution in [2.45, 2.75) is 18.9 Å². The number of aromatic nitrogens is 4. The average molecular weight is 185 g/mol. The summed E-state index contributed by atoms with van der Waals surface area (Å²) < 4.78 is 1.74. The molecule has 0 aliphatic carbocycles. The molecule has 6 heteroatoms. The van der Waals surface area contributed by atoms with Crippen LogP contribution in [0.4, 0.5) is 5.95 Å². The number of hydrogen-bond donors (Lipinski definition) is 1. The topological polar surface area (TPSA) is 69.6 Å². The highest BCUT2D eigenvalue weighted by atomic mass is 32.2. The smallest absolute Gasteiger partial charge is 0.240 e. The summed E-state index contributed by atoms with van der Waals surface area (Å²) in [5, 5.41) is 11.1. The minimum Gasteiger partial charge on any atom is -0.367 e. The van der Waals surface area contributed by atoms with E-state index in [2.05, 4.69) is 15.5 Å². The van der Waals surface area contributed by atoms with Crippen molar-refractivity contribution in [3.8, 4) is 0 Å². The van der Waals surface area contributed by atoms with E-state index in [4.69, 9.17) is 5.73 Å². The summed E-state index contributed by atoms with van der Waals surface area (Å²) in [4.78, 5) is 0. The van der Waals surface area contributed by atoms with Gasteiger partial charge in [-0.3, -0.25) is 0 Å². The van der Waals surface area contributed by atoms with Gasteiger partial charge in [0.05, 0.1) is 6.04 Å². The van der Waals surface area contributed by atoms with Crippen molar-refractivity contribution in [3.05, 3.63) is 0 Å². The van der Waals surface area contributed by atoms with E-state index < -0.39 is 0 Å². The van der Waals surface area contributed by atoms with E-state index in [9.17, 15) is 0 Å². The Morgan fingerprint density at radius 3 is 2.75 bits per heavy atom. The Kier molecular flexibility index (Phi) is 2.16. The van der Waals surface area contributed by atoms with Crippen molar-refractivity contribution in [1.29, 1.82) is 0 Å². The van der Waals surface area contributed by atoms with E-state index in [1.54, 1.807) is 4.68 Å². The van der Waals surface area contributed by atoms with Crippen molar-refractivity contribution in [2.75, 3.05) is 17.2 Å². The Bertz CT molecular complexity index is 254. The first-order valence-electron chi connectivity index (χ1n) is 3.99. The summed E-state index contributed by atoms with van der Waals surface area (Å²) in [6, 6.07) is 0.418. The number of nitrogens with zero attached hydrogens (tertiary/aromatic N) is 4. The molecule has 1 aromatic heterocycles. The summed E-state index contributed by atoms with van der Waals surface area (Å²) in [5.41, 5.74) is 5.59. The number of nitrogen functional groups attached to an aromatic ring is 1. The quantitative estimate of drug-likeness (QED) is 0.682. The average Bonchev–Trinajstić information content (AvgIpc) is 2.53. The molecule has 0 aromatic carbocycles. The van der Waals surface area contributed by atoms with Gasteiger partial charge in [-0.2, -0.15) is 11.8 Å². The van der Waals surface area contributed by atoms with Crippen molar-refractivity contribution >= 4 is 17.7 Å². The van der Waals surface area contributed by atoms with Crippen LogP contribution >= 0.6 is 11.8 Å². The van der Waals surface area contributed by atoms with E-state index in [0.29, 0.717) is 12.0 Å². The van der Waals surface area contributed by atoms with E-state index in [1.165, 1.54) is 11.5 Å². The first-order valence-corrected chi connectivity index (χ1v) is 5.14. The van der Waals surface area contributed by atoms with Crippen LogP contribution in [0.25, 0.3) is 0 Å². The molecule has 0 spiro atoms. The molecule has 0 bridgehead atoms. The van der Waals surface area contributed by atoms with Crippen LogP contribution < -0.4 is 5.73 Å². The van der Waals surface area contributed by atoms with Crippen LogP contribution in [-0.4, -0.2) is 31.7 Å². The molecule has 2 rings (SSSR count). The first-order chi connectivity index (χ1) is 5.88. The van der Waals surface area contributed by atoms with Gasteiger partial charge in [0.1, 0.15) is 0 Å². The predicted octanol–water partition coefficient (Wildman–Crippen LogP) is 0.323. The number of rotatable bonds is 1. The Morgan fingerprint density at radius 2 is 2.17 bits per heavy atom. The zero-order chi connectivity index (χ0) is 8.39. The minimum absolute atomic E-state index is 0.418. The van der Waals surface area contributed by atoms with E-state index in [-0.39, 0.29) is 0 Å². The van der Waals surface area contributed by atoms with Crippen molar-refractivity contribution in [3.63, 3.8) is 0 Å². The third-order valence-corrected chi connectivity index (χ3v) is 3.10. The molecule has 1 aromatic rings. The van der Waals surface area contributed by atoms with Gasteiger partial charge >= 0.3 is 0 Å². The monoisotopic (exact) mass is 185 g/mol. The third-order valence-electron chi connectivity index (χ3n) is 2.05. The van der Waals surface area contributed by atoms with Crippen LogP contribution in [-0.2, 0) is 0 Å². The molecule has 1 aliphatic heterocycles. The number of nitrogens with two attached hydrogens (primary N) is 1. The Labute approximate surface area is 74.7 Å². The van der Waals surface area contributed by atoms with Crippen molar-refractivity contribution in [1.82, 2.24) is 20.2 Å². The highest BCUT2D eigenvalue weighted by molar-refractivity contribution is 7.99. The lowest BCUT2D eigenvalue weighted by molar-refractivity contribution is 0.422. The van der Waals surface area contributed by atoms with Crippen LogP contribution in [0.5, 0.6) is 0 Å². The molecule has 1 fully saturated rings. The van der Waals surface area contributed by atoms with Crippen LogP contribution in [0.3, 0.4) is 0 Å². The molecule has 0 radical (unpaired) electrons. The summed E-state index contributed by atoms with van der Waals surface area (Å²) in [6.45, 7) is 0. The van der Waals surface area contributed by atoms with Gasteiger partial charge in [0.15, 0.2) is 0 Å². The fourth-order valence-electron chi connectivity index (χ4n) is 1.39. The lowest BCUT2D eigenvalue weighted by Crippen LogP contribution is -2.18. The van der Waals surface area contributed by atoms with Gasteiger partial charge in [-0.1, -0.05) is 5.10 Å². The number of hydrogen-bond acceptors (Lipinski definition) is 5. The number of anilines is 1. The van der Waals surface area contributed by atoms with E-state index in [0.717, 1.165) is 12.8 Å². The summed E-state index contributed by atoms with van der Waals surface area (Å²) >= 11 is 1.98. The molecule has 2 heterocycles. The standard InChI is InChI=1S/C6H11N5S/c7-6-8-9-10-11(6)5-1-3-12-4-2-5/h5H,1-4H2,(H2,7,8,10). The zero-order valence-corrected chi connectivity index (χ0v) is 7.50. The van der Waals surface area contributed by atoms with Gasteiger partial charge in [-0.25, -0.2) is 4.68 Å². The maximum atomic E-state index is 5.59. The molecular formula is C6H11N5S. The normalized spacial score (nSPS) is 19.7. The lowest BCUT2D eigenvalue weighted by Gasteiger charge is -2.20. The number of tetrazole rings is 1. The van der Waals surface area contributed by atoms with Crippen molar-refractivity contribution < 1.29 is 0 Å². The largest absolute Gasteiger partial charge is 0.367 e. The maximum Gasteiger partial charge on any atom is 0.240 e. The highest BCUT2D eigenvalue weighted by Gasteiger charge is 2.18. The third kappa shape index (κ3) is 1.38. The summed E-state index contributed by atoms with van der Waals surface area (Å²) in [6.07, 6.45) is 2.25. The predicted molar refractivity (Wildman–Crippen MR) is 47.8 cm³/mol. The molecule has 12 heavy (non-hydrogen) atoms. The Hall–Kier alpha value is -0.780. The maximum absolute atomic E-state index is 5.59. The van der Waals surface area contributed by atoms with Crippen LogP contribution in [0.2, 0.25) is 0 Å². The minimum atomic E-state index is 0.418. The van der Waals surface area contributed by atoms with Gasteiger partial charge in [0.2, 0.25) is 5.95 Å². The molecule has 0 atom stereocenters. The zero-order valence-electron chi connectivity index (χ0n) is 6.68.